The number of rotatable bonds is 2. The van der Waals surface area contributed by atoms with Crippen molar-refractivity contribution in [2.45, 2.75) is 25.2 Å². The summed E-state index contributed by atoms with van der Waals surface area (Å²) in [6.45, 7) is 1.80. The molecule has 2 aromatic rings. The number of carbonyl (C=O) groups excluding carboxylic acids is 1. The molecule has 0 saturated carbocycles. The highest BCUT2D eigenvalue weighted by Gasteiger charge is 2.54. The molecular weight excluding hydrogens is 393 g/mol. The van der Waals surface area contributed by atoms with Gasteiger partial charge in [0, 0.05) is 11.4 Å². The van der Waals surface area contributed by atoms with E-state index in [4.69, 9.17) is 0 Å². The van der Waals surface area contributed by atoms with Crippen molar-refractivity contribution in [1.29, 1.82) is 0 Å². The van der Waals surface area contributed by atoms with Crippen LogP contribution in [0.4, 0.5) is 29.3 Å². The second kappa shape index (κ2) is 6.23. The number of sulfone groups is 1. The Morgan fingerprint density at radius 1 is 0.964 bits per heavy atom. The number of benzene rings is 2. The molecule has 0 aliphatic carbocycles. The van der Waals surface area contributed by atoms with Crippen molar-refractivity contribution in [1.82, 2.24) is 0 Å². The summed E-state index contributed by atoms with van der Waals surface area (Å²) in [5.41, 5.74) is 0.506. The number of anilines is 2. The van der Waals surface area contributed by atoms with E-state index in [0.29, 0.717) is 5.69 Å². The Labute approximate surface area is 160 Å². The lowest BCUT2D eigenvalue weighted by Gasteiger charge is -2.24. The lowest BCUT2D eigenvalue weighted by molar-refractivity contribution is -0.137. The summed E-state index contributed by atoms with van der Waals surface area (Å²) in [5, 5.41) is 0. The second-order valence-corrected chi connectivity index (χ2v) is 9.22. The standard InChI is InChI=1S/C19H17F3N2O3S/c1-12-5-2-3-8-15(12)24-17-11-28(26,27)10-16(17)23(18(24)25)14-7-4-6-13(9-14)19(20,21)22/h2-9,16-17H,10-11H2,1H3. The Kier molecular flexibility index (Phi) is 4.18. The van der Waals surface area contributed by atoms with E-state index in [1.807, 2.05) is 0 Å². The van der Waals surface area contributed by atoms with Crippen LogP contribution in [0.15, 0.2) is 48.5 Å². The molecule has 5 nitrogen and oxygen atoms in total. The zero-order chi connectivity index (χ0) is 20.3. The maximum Gasteiger partial charge on any atom is 0.416 e. The molecule has 2 aliphatic heterocycles. The van der Waals surface area contributed by atoms with E-state index in [9.17, 15) is 26.4 Å². The third-order valence-corrected chi connectivity index (χ3v) is 6.89. The largest absolute Gasteiger partial charge is 0.416 e. The normalized spacial score (nSPS) is 23.9. The van der Waals surface area contributed by atoms with Gasteiger partial charge < -0.3 is 0 Å². The molecular formula is C19H17F3N2O3S. The van der Waals surface area contributed by atoms with Crippen molar-refractivity contribution in [2.24, 2.45) is 0 Å². The van der Waals surface area contributed by atoms with E-state index >= 15 is 0 Å². The molecule has 0 radical (unpaired) electrons. The molecule has 2 atom stereocenters. The van der Waals surface area contributed by atoms with Gasteiger partial charge in [-0.3, -0.25) is 9.80 Å². The summed E-state index contributed by atoms with van der Waals surface area (Å²) in [6.07, 6.45) is -4.56. The van der Waals surface area contributed by atoms with Gasteiger partial charge in [-0.2, -0.15) is 13.2 Å². The summed E-state index contributed by atoms with van der Waals surface area (Å²) in [4.78, 5) is 15.8. The van der Waals surface area contributed by atoms with Crippen molar-refractivity contribution >= 4 is 27.2 Å². The van der Waals surface area contributed by atoms with Gasteiger partial charge in [-0.25, -0.2) is 13.2 Å². The van der Waals surface area contributed by atoms with Crippen LogP contribution in [0.3, 0.4) is 0 Å². The van der Waals surface area contributed by atoms with Crippen LogP contribution in [0.5, 0.6) is 0 Å². The number of para-hydroxylation sites is 1. The number of carbonyl (C=O) groups is 1. The summed E-state index contributed by atoms with van der Waals surface area (Å²) in [7, 11) is -3.42. The molecule has 2 unspecified atom stereocenters. The number of amides is 2. The molecule has 2 heterocycles. The van der Waals surface area contributed by atoms with Crippen LogP contribution < -0.4 is 9.80 Å². The van der Waals surface area contributed by atoms with E-state index in [1.165, 1.54) is 21.9 Å². The van der Waals surface area contributed by atoms with E-state index in [-0.39, 0.29) is 17.2 Å². The first kappa shape index (κ1) is 18.8. The zero-order valence-corrected chi connectivity index (χ0v) is 15.7. The maximum absolute atomic E-state index is 13.2. The summed E-state index contributed by atoms with van der Waals surface area (Å²) < 4.78 is 63.9. The van der Waals surface area contributed by atoms with Crippen molar-refractivity contribution in [2.75, 3.05) is 21.3 Å². The molecule has 2 aromatic carbocycles. The summed E-state index contributed by atoms with van der Waals surface area (Å²) in [5.74, 6) is -0.491. The molecule has 0 spiro atoms. The first-order chi connectivity index (χ1) is 13.1. The van der Waals surface area contributed by atoms with Crippen LogP contribution in [-0.4, -0.2) is 38.0 Å². The average molecular weight is 410 g/mol. The average Bonchev–Trinajstić information content (AvgIpc) is 3.04. The smallest absolute Gasteiger partial charge is 0.288 e. The molecule has 2 amide bonds. The third kappa shape index (κ3) is 3.03. The zero-order valence-electron chi connectivity index (χ0n) is 14.8. The highest BCUT2D eigenvalue weighted by molar-refractivity contribution is 7.91. The number of halogens is 3. The highest BCUT2D eigenvalue weighted by atomic mass is 32.2. The first-order valence-electron chi connectivity index (χ1n) is 8.64. The van der Waals surface area contributed by atoms with Crippen LogP contribution in [0, 0.1) is 6.92 Å². The minimum Gasteiger partial charge on any atom is -0.288 e. The Hall–Kier alpha value is -2.55. The van der Waals surface area contributed by atoms with Crippen LogP contribution in [0.2, 0.25) is 0 Å². The van der Waals surface area contributed by atoms with Gasteiger partial charge in [-0.15, -0.1) is 0 Å². The fourth-order valence-electron chi connectivity index (χ4n) is 3.95. The third-order valence-electron chi connectivity index (χ3n) is 5.20. The molecule has 0 bridgehead atoms. The SMILES string of the molecule is Cc1ccccc1N1C(=O)N(c2cccc(C(F)(F)F)c2)C2CS(=O)(=O)CC21. The van der Waals surface area contributed by atoms with Crippen molar-refractivity contribution < 1.29 is 26.4 Å². The molecule has 4 rings (SSSR count). The van der Waals surface area contributed by atoms with Crippen LogP contribution in [0.1, 0.15) is 11.1 Å². The quantitative estimate of drug-likeness (QED) is 0.711. The van der Waals surface area contributed by atoms with Crippen molar-refractivity contribution in [3.8, 4) is 0 Å². The number of fused-ring (bicyclic) bond motifs is 1. The molecule has 148 valence electrons. The van der Waals surface area contributed by atoms with Gasteiger partial charge in [0.1, 0.15) is 0 Å². The summed E-state index contributed by atoms with van der Waals surface area (Å²) in [6, 6.07) is 9.59. The highest BCUT2D eigenvalue weighted by Crippen LogP contribution is 2.40. The fraction of sp³-hybridized carbons (Fsp3) is 0.316. The Morgan fingerprint density at radius 3 is 2.25 bits per heavy atom. The van der Waals surface area contributed by atoms with Gasteiger partial charge in [-0.05, 0) is 36.8 Å². The van der Waals surface area contributed by atoms with Gasteiger partial charge in [0.2, 0.25) is 0 Å². The topological polar surface area (TPSA) is 57.7 Å². The molecule has 2 saturated heterocycles. The van der Waals surface area contributed by atoms with Gasteiger partial charge >= 0.3 is 12.2 Å². The van der Waals surface area contributed by atoms with Gasteiger partial charge in [0.15, 0.2) is 9.84 Å². The molecule has 9 heteroatoms. The number of hydrogen-bond donors (Lipinski definition) is 0. The van der Waals surface area contributed by atoms with Crippen LogP contribution in [0.25, 0.3) is 0 Å². The fourth-order valence-corrected chi connectivity index (χ4v) is 5.87. The number of aryl methyl sites for hydroxylation is 1. The molecule has 2 fully saturated rings. The first-order valence-corrected chi connectivity index (χ1v) is 10.5. The van der Waals surface area contributed by atoms with E-state index in [0.717, 1.165) is 17.7 Å². The molecule has 0 aromatic heterocycles. The van der Waals surface area contributed by atoms with Crippen LogP contribution >= 0.6 is 0 Å². The van der Waals surface area contributed by atoms with Gasteiger partial charge in [-0.1, -0.05) is 24.3 Å². The Morgan fingerprint density at radius 2 is 1.61 bits per heavy atom. The molecule has 28 heavy (non-hydrogen) atoms. The predicted octanol–water partition coefficient (Wildman–Crippen LogP) is 3.63. The van der Waals surface area contributed by atoms with E-state index in [2.05, 4.69) is 0 Å². The monoisotopic (exact) mass is 410 g/mol. The lowest BCUT2D eigenvalue weighted by atomic mass is 10.1. The van der Waals surface area contributed by atoms with Crippen LogP contribution in [-0.2, 0) is 16.0 Å². The van der Waals surface area contributed by atoms with Gasteiger partial charge in [0.25, 0.3) is 0 Å². The van der Waals surface area contributed by atoms with E-state index in [1.54, 1.807) is 31.2 Å². The lowest BCUT2D eigenvalue weighted by Crippen LogP contribution is -2.38. The Bertz CT molecular complexity index is 1050. The minimum absolute atomic E-state index is 0.0445. The molecule has 2 aliphatic rings. The maximum atomic E-state index is 13.2. The predicted molar refractivity (Wildman–Crippen MR) is 99.2 cm³/mol. The number of hydrogen-bond acceptors (Lipinski definition) is 3. The minimum atomic E-state index is -4.56. The van der Waals surface area contributed by atoms with E-state index < -0.39 is 39.7 Å². The number of nitrogens with zero attached hydrogens (tertiary/aromatic N) is 2. The molecule has 0 N–H and O–H groups in total. The number of alkyl halides is 3. The Balaban J connectivity index is 1.83. The van der Waals surface area contributed by atoms with Crippen molar-refractivity contribution in [3.63, 3.8) is 0 Å². The number of urea groups is 1. The summed E-state index contributed by atoms with van der Waals surface area (Å²) >= 11 is 0. The van der Waals surface area contributed by atoms with Gasteiger partial charge in [0.05, 0.1) is 29.2 Å². The second-order valence-electron chi connectivity index (χ2n) is 7.07. The van der Waals surface area contributed by atoms with Crippen molar-refractivity contribution in [3.05, 3.63) is 59.7 Å².